The molecule has 0 aliphatic heterocycles. The second-order valence-corrected chi connectivity index (χ2v) is 4.48. The Balaban J connectivity index is 2.89. The zero-order chi connectivity index (χ0) is 13.7. The normalized spacial score (nSPS) is 10.2. The van der Waals surface area contributed by atoms with Crippen molar-refractivity contribution in [3.63, 3.8) is 0 Å². The van der Waals surface area contributed by atoms with Crippen LogP contribution in [0.2, 0.25) is 0 Å². The summed E-state index contributed by atoms with van der Waals surface area (Å²) in [6, 6.07) is 3.01. The molecule has 1 amide bonds. The molecule has 0 atom stereocenters. The van der Waals surface area contributed by atoms with E-state index in [0.717, 1.165) is 30.0 Å². The highest BCUT2D eigenvalue weighted by molar-refractivity contribution is 9.09. The minimum Gasteiger partial charge on any atom is -0.342 e. The van der Waals surface area contributed by atoms with E-state index in [-0.39, 0.29) is 11.3 Å². The number of alkyl halides is 1. The number of carbonyl (C=O) groups excluding carboxylic acids is 1. The van der Waals surface area contributed by atoms with Crippen LogP contribution in [0.1, 0.15) is 16.8 Å². The number of nitro benzene ring substituents is 1. The third-order valence-corrected chi connectivity index (χ3v) is 2.93. The van der Waals surface area contributed by atoms with Gasteiger partial charge in [-0.1, -0.05) is 15.9 Å². The molecule has 0 unspecified atom stereocenters. The lowest BCUT2D eigenvalue weighted by molar-refractivity contribution is -0.385. The number of hydrogen-bond acceptors (Lipinski definition) is 3. The predicted octanol–water partition coefficient (Wildman–Crippen LogP) is 2.59. The molecular weight excluding hydrogens is 307 g/mol. The molecule has 0 aromatic heterocycles. The Hall–Kier alpha value is -1.50. The molecule has 0 fully saturated rings. The van der Waals surface area contributed by atoms with Crippen molar-refractivity contribution in [2.75, 3.05) is 18.9 Å². The molecule has 0 saturated carbocycles. The summed E-state index contributed by atoms with van der Waals surface area (Å²) in [6.07, 6.45) is 0.747. The van der Waals surface area contributed by atoms with E-state index in [2.05, 4.69) is 15.9 Å². The van der Waals surface area contributed by atoms with E-state index >= 15 is 0 Å². The van der Waals surface area contributed by atoms with Gasteiger partial charge in [0.05, 0.1) is 16.6 Å². The first kappa shape index (κ1) is 14.6. The van der Waals surface area contributed by atoms with E-state index < -0.39 is 16.6 Å². The lowest BCUT2D eigenvalue weighted by atomic mass is 10.1. The number of hydrogen-bond donors (Lipinski definition) is 0. The Bertz CT molecular complexity index is 468. The molecule has 1 aromatic rings. The zero-order valence-corrected chi connectivity index (χ0v) is 11.3. The van der Waals surface area contributed by atoms with Crippen LogP contribution >= 0.6 is 15.9 Å². The van der Waals surface area contributed by atoms with E-state index in [1.54, 1.807) is 7.05 Å². The van der Waals surface area contributed by atoms with Crippen molar-refractivity contribution >= 4 is 27.5 Å². The van der Waals surface area contributed by atoms with Gasteiger partial charge in [0.1, 0.15) is 5.82 Å². The summed E-state index contributed by atoms with van der Waals surface area (Å²) in [5.41, 5.74) is -0.523. The third kappa shape index (κ3) is 3.49. The molecule has 1 aromatic carbocycles. The van der Waals surface area contributed by atoms with E-state index in [0.29, 0.717) is 6.54 Å². The average Bonchev–Trinajstić information content (AvgIpc) is 2.34. The summed E-state index contributed by atoms with van der Waals surface area (Å²) >= 11 is 3.24. The summed E-state index contributed by atoms with van der Waals surface area (Å²) in [5.74, 6) is -1.36. The fourth-order valence-corrected chi connectivity index (χ4v) is 1.65. The Morgan fingerprint density at radius 1 is 1.56 bits per heavy atom. The van der Waals surface area contributed by atoms with Crippen molar-refractivity contribution in [3.05, 3.63) is 39.7 Å². The van der Waals surface area contributed by atoms with Crippen molar-refractivity contribution in [3.8, 4) is 0 Å². The van der Waals surface area contributed by atoms with Gasteiger partial charge < -0.3 is 4.90 Å². The summed E-state index contributed by atoms with van der Waals surface area (Å²) in [7, 11) is 1.56. The fraction of sp³-hybridized carbons (Fsp3) is 0.364. The molecule has 98 valence electrons. The molecule has 5 nitrogen and oxygen atoms in total. The topological polar surface area (TPSA) is 63.5 Å². The van der Waals surface area contributed by atoms with Crippen molar-refractivity contribution in [1.82, 2.24) is 4.90 Å². The van der Waals surface area contributed by atoms with Crippen molar-refractivity contribution in [1.29, 1.82) is 0 Å². The van der Waals surface area contributed by atoms with Crippen LogP contribution in [0.3, 0.4) is 0 Å². The van der Waals surface area contributed by atoms with Crippen LogP contribution in [0.4, 0.5) is 10.1 Å². The van der Waals surface area contributed by atoms with Crippen molar-refractivity contribution in [2.45, 2.75) is 6.42 Å². The van der Waals surface area contributed by atoms with Gasteiger partial charge in [0, 0.05) is 25.0 Å². The summed E-state index contributed by atoms with van der Waals surface area (Å²) in [6.45, 7) is 0.487. The molecule has 0 spiro atoms. The van der Waals surface area contributed by atoms with E-state index in [1.807, 2.05) is 0 Å². The highest BCUT2D eigenvalue weighted by atomic mass is 79.9. The first-order chi connectivity index (χ1) is 8.47. The number of nitro groups is 1. The van der Waals surface area contributed by atoms with Gasteiger partial charge in [-0.15, -0.1) is 0 Å². The maximum absolute atomic E-state index is 13.6. The van der Waals surface area contributed by atoms with Crippen LogP contribution in [-0.2, 0) is 0 Å². The van der Waals surface area contributed by atoms with Gasteiger partial charge in [0.25, 0.3) is 11.6 Å². The van der Waals surface area contributed by atoms with Crippen LogP contribution < -0.4 is 0 Å². The van der Waals surface area contributed by atoms with E-state index in [9.17, 15) is 19.3 Å². The molecule has 7 heteroatoms. The second-order valence-electron chi connectivity index (χ2n) is 3.69. The number of non-ortho nitro benzene ring substituents is 1. The van der Waals surface area contributed by atoms with Gasteiger partial charge in [-0.3, -0.25) is 14.9 Å². The van der Waals surface area contributed by atoms with Gasteiger partial charge in [0.2, 0.25) is 0 Å². The summed E-state index contributed by atoms with van der Waals surface area (Å²) < 4.78 is 13.6. The van der Waals surface area contributed by atoms with Crippen molar-refractivity contribution in [2.24, 2.45) is 0 Å². The van der Waals surface area contributed by atoms with Gasteiger partial charge in [-0.25, -0.2) is 4.39 Å². The zero-order valence-electron chi connectivity index (χ0n) is 9.73. The van der Waals surface area contributed by atoms with E-state index in [4.69, 9.17) is 0 Å². The van der Waals surface area contributed by atoms with Gasteiger partial charge in [-0.2, -0.15) is 0 Å². The monoisotopic (exact) mass is 318 g/mol. The standard InChI is InChI=1S/C11H12BrFN2O3/c1-14(6-2-5-12)11(16)9-4-3-8(15(17)18)7-10(9)13/h3-4,7H,2,5-6H2,1H3. The smallest absolute Gasteiger partial charge is 0.272 e. The number of carbonyl (C=O) groups is 1. The predicted molar refractivity (Wildman–Crippen MR) is 68.4 cm³/mol. The fourth-order valence-electron chi connectivity index (χ4n) is 1.40. The molecule has 0 heterocycles. The quantitative estimate of drug-likeness (QED) is 0.476. The first-order valence-electron chi connectivity index (χ1n) is 5.22. The molecular formula is C11H12BrFN2O3. The average molecular weight is 319 g/mol. The Morgan fingerprint density at radius 2 is 2.22 bits per heavy atom. The SMILES string of the molecule is CN(CCCBr)C(=O)c1ccc([N+](=O)[O-])cc1F. The molecule has 0 bridgehead atoms. The molecule has 0 aliphatic carbocycles. The minimum atomic E-state index is -0.875. The Kier molecular flexibility index (Phi) is 5.21. The van der Waals surface area contributed by atoms with Crippen molar-refractivity contribution < 1.29 is 14.1 Å². The lowest BCUT2D eigenvalue weighted by Crippen LogP contribution is -2.28. The highest BCUT2D eigenvalue weighted by Crippen LogP contribution is 2.17. The number of nitrogens with zero attached hydrogens (tertiary/aromatic N) is 2. The first-order valence-corrected chi connectivity index (χ1v) is 6.35. The van der Waals surface area contributed by atoms with Gasteiger partial charge in [0.15, 0.2) is 0 Å². The minimum absolute atomic E-state index is 0.155. The molecule has 18 heavy (non-hydrogen) atoms. The largest absolute Gasteiger partial charge is 0.342 e. The number of rotatable bonds is 5. The second kappa shape index (κ2) is 6.44. The highest BCUT2D eigenvalue weighted by Gasteiger charge is 2.18. The van der Waals surface area contributed by atoms with Crippen LogP contribution in [0, 0.1) is 15.9 Å². The van der Waals surface area contributed by atoms with E-state index in [1.165, 1.54) is 4.90 Å². The molecule has 0 saturated heterocycles. The number of amides is 1. The Morgan fingerprint density at radius 3 is 2.72 bits per heavy atom. The van der Waals surface area contributed by atoms with Crippen LogP contribution in [0.15, 0.2) is 18.2 Å². The molecule has 0 aliphatic rings. The molecule has 1 rings (SSSR count). The van der Waals surface area contributed by atoms with Gasteiger partial charge in [-0.05, 0) is 12.5 Å². The third-order valence-electron chi connectivity index (χ3n) is 2.37. The maximum Gasteiger partial charge on any atom is 0.272 e. The van der Waals surface area contributed by atoms with Crippen LogP contribution in [0.5, 0.6) is 0 Å². The van der Waals surface area contributed by atoms with Crippen LogP contribution in [0.25, 0.3) is 0 Å². The van der Waals surface area contributed by atoms with Crippen LogP contribution in [-0.4, -0.2) is 34.7 Å². The number of halogens is 2. The summed E-state index contributed by atoms with van der Waals surface area (Å²) in [4.78, 5) is 23.0. The maximum atomic E-state index is 13.6. The molecule has 0 radical (unpaired) electrons. The molecule has 0 N–H and O–H groups in total. The Labute approximate surface area is 112 Å². The lowest BCUT2D eigenvalue weighted by Gasteiger charge is -2.16. The van der Waals surface area contributed by atoms with Gasteiger partial charge >= 0.3 is 0 Å². The summed E-state index contributed by atoms with van der Waals surface area (Å²) in [5, 5.41) is 11.2. The number of benzene rings is 1.